The molecule has 0 bridgehead atoms. The standard InChI is InChI=1S/C12H8F2OS/c13-10-4-9(5-11(14)6-10)12(15)3-8-1-2-16-7-8/h1-2,4-7H,3H2. The highest BCUT2D eigenvalue weighted by molar-refractivity contribution is 7.08. The molecule has 1 heterocycles. The van der Waals surface area contributed by atoms with Crippen LogP contribution in [0.1, 0.15) is 15.9 Å². The molecule has 1 nitrogen and oxygen atoms in total. The largest absolute Gasteiger partial charge is 0.294 e. The Balaban J connectivity index is 2.21. The van der Waals surface area contributed by atoms with Crippen LogP contribution < -0.4 is 0 Å². The van der Waals surface area contributed by atoms with Gasteiger partial charge < -0.3 is 0 Å². The molecule has 82 valence electrons. The van der Waals surface area contributed by atoms with Crippen molar-refractivity contribution in [1.82, 2.24) is 0 Å². The lowest BCUT2D eigenvalue weighted by Crippen LogP contribution is -2.03. The normalized spacial score (nSPS) is 10.4. The topological polar surface area (TPSA) is 17.1 Å². The SMILES string of the molecule is O=C(Cc1ccsc1)c1cc(F)cc(F)c1. The molecule has 2 aromatic rings. The van der Waals surface area contributed by atoms with Crippen molar-refractivity contribution in [1.29, 1.82) is 0 Å². The Morgan fingerprint density at radius 2 is 1.88 bits per heavy atom. The summed E-state index contributed by atoms with van der Waals surface area (Å²) in [7, 11) is 0. The number of ketones is 1. The summed E-state index contributed by atoms with van der Waals surface area (Å²) in [6.45, 7) is 0. The maximum absolute atomic E-state index is 12.9. The maximum atomic E-state index is 12.9. The lowest BCUT2D eigenvalue weighted by atomic mass is 10.1. The Morgan fingerprint density at radius 3 is 2.44 bits per heavy atom. The van der Waals surface area contributed by atoms with Gasteiger partial charge in [-0.25, -0.2) is 8.78 Å². The van der Waals surface area contributed by atoms with E-state index in [1.807, 2.05) is 16.8 Å². The van der Waals surface area contributed by atoms with E-state index in [-0.39, 0.29) is 17.8 Å². The minimum absolute atomic E-state index is 0.0729. The van der Waals surface area contributed by atoms with Crippen LogP contribution in [-0.4, -0.2) is 5.78 Å². The van der Waals surface area contributed by atoms with Crippen LogP contribution in [0.5, 0.6) is 0 Å². The highest BCUT2D eigenvalue weighted by Gasteiger charge is 2.10. The zero-order chi connectivity index (χ0) is 11.5. The number of thiophene rings is 1. The summed E-state index contributed by atoms with van der Waals surface area (Å²) in [6, 6.07) is 4.68. The predicted octanol–water partition coefficient (Wildman–Crippen LogP) is 3.45. The van der Waals surface area contributed by atoms with Crippen LogP contribution in [0.25, 0.3) is 0 Å². The zero-order valence-electron chi connectivity index (χ0n) is 8.24. The quantitative estimate of drug-likeness (QED) is 0.748. The number of hydrogen-bond donors (Lipinski definition) is 0. The Kier molecular flexibility index (Phi) is 3.10. The molecule has 0 atom stereocenters. The van der Waals surface area contributed by atoms with Crippen LogP contribution in [0.2, 0.25) is 0 Å². The maximum Gasteiger partial charge on any atom is 0.167 e. The molecule has 0 amide bonds. The van der Waals surface area contributed by atoms with Crippen molar-refractivity contribution in [2.45, 2.75) is 6.42 Å². The lowest BCUT2D eigenvalue weighted by molar-refractivity contribution is 0.0992. The van der Waals surface area contributed by atoms with Crippen LogP contribution in [0.4, 0.5) is 8.78 Å². The van der Waals surface area contributed by atoms with Gasteiger partial charge in [-0.3, -0.25) is 4.79 Å². The molecule has 4 heteroatoms. The highest BCUT2D eigenvalue weighted by Crippen LogP contribution is 2.13. The summed E-state index contributed by atoms with van der Waals surface area (Å²) in [4.78, 5) is 11.7. The molecular formula is C12H8F2OS. The van der Waals surface area contributed by atoms with Crippen molar-refractivity contribution in [2.24, 2.45) is 0 Å². The molecule has 0 unspecified atom stereocenters. The van der Waals surface area contributed by atoms with Gasteiger partial charge in [0.1, 0.15) is 11.6 Å². The van der Waals surface area contributed by atoms with Gasteiger partial charge in [-0.05, 0) is 34.5 Å². The van der Waals surface area contributed by atoms with E-state index >= 15 is 0 Å². The van der Waals surface area contributed by atoms with Gasteiger partial charge in [0, 0.05) is 18.1 Å². The third kappa shape index (κ3) is 2.52. The zero-order valence-corrected chi connectivity index (χ0v) is 9.06. The van der Waals surface area contributed by atoms with E-state index in [0.717, 1.165) is 23.8 Å². The first-order chi connectivity index (χ1) is 7.65. The Bertz CT molecular complexity index is 485. The first-order valence-electron chi connectivity index (χ1n) is 4.65. The Hall–Kier alpha value is -1.55. The third-order valence-corrected chi connectivity index (χ3v) is 2.86. The molecule has 0 fully saturated rings. The highest BCUT2D eigenvalue weighted by atomic mass is 32.1. The number of hydrogen-bond acceptors (Lipinski definition) is 2. The summed E-state index contributed by atoms with van der Waals surface area (Å²) >= 11 is 1.48. The molecule has 0 aliphatic heterocycles. The van der Waals surface area contributed by atoms with Crippen molar-refractivity contribution in [3.63, 3.8) is 0 Å². The monoisotopic (exact) mass is 238 g/mol. The fraction of sp³-hybridized carbons (Fsp3) is 0.0833. The minimum Gasteiger partial charge on any atom is -0.294 e. The number of benzene rings is 1. The molecule has 1 aromatic heterocycles. The van der Waals surface area contributed by atoms with Gasteiger partial charge in [0.15, 0.2) is 5.78 Å². The van der Waals surface area contributed by atoms with Crippen LogP contribution in [0.15, 0.2) is 35.0 Å². The van der Waals surface area contributed by atoms with Crippen molar-refractivity contribution in [3.05, 3.63) is 57.8 Å². The van der Waals surface area contributed by atoms with E-state index in [2.05, 4.69) is 0 Å². The van der Waals surface area contributed by atoms with Gasteiger partial charge in [-0.15, -0.1) is 0 Å². The van der Waals surface area contributed by atoms with Crippen molar-refractivity contribution in [3.8, 4) is 0 Å². The molecule has 0 saturated heterocycles. The first-order valence-corrected chi connectivity index (χ1v) is 5.60. The molecule has 16 heavy (non-hydrogen) atoms. The lowest BCUT2D eigenvalue weighted by Gasteiger charge is -2.00. The van der Waals surface area contributed by atoms with E-state index in [9.17, 15) is 13.6 Å². The molecule has 2 rings (SSSR count). The molecule has 0 radical (unpaired) electrons. The van der Waals surface area contributed by atoms with E-state index in [0.29, 0.717) is 0 Å². The van der Waals surface area contributed by atoms with Crippen LogP contribution >= 0.6 is 11.3 Å². The summed E-state index contributed by atoms with van der Waals surface area (Å²) in [5.41, 5.74) is 0.934. The fourth-order valence-corrected chi connectivity index (χ4v) is 2.06. The second kappa shape index (κ2) is 4.53. The van der Waals surface area contributed by atoms with Gasteiger partial charge in [0.05, 0.1) is 0 Å². The smallest absolute Gasteiger partial charge is 0.167 e. The third-order valence-electron chi connectivity index (χ3n) is 2.13. The van der Waals surface area contributed by atoms with E-state index in [1.54, 1.807) is 0 Å². The van der Waals surface area contributed by atoms with E-state index < -0.39 is 11.6 Å². The van der Waals surface area contributed by atoms with Crippen molar-refractivity contribution >= 4 is 17.1 Å². The average Bonchev–Trinajstić information content (AvgIpc) is 2.68. The van der Waals surface area contributed by atoms with Gasteiger partial charge in [-0.1, -0.05) is 0 Å². The van der Waals surface area contributed by atoms with Gasteiger partial charge in [0.2, 0.25) is 0 Å². The molecule has 1 aromatic carbocycles. The number of halogens is 2. The summed E-state index contributed by atoms with van der Waals surface area (Å²) in [6.07, 6.45) is 0.173. The summed E-state index contributed by atoms with van der Waals surface area (Å²) < 4.78 is 25.8. The summed E-state index contributed by atoms with van der Waals surface area (Å²) in [5, 5.41) is 3.70. The van der Waals surface area contributed by atoms with Crippen molar-refractivity contribution in [2.75, 3.05) is 0 Å². The van der Waals surface area contributed by atoms with E-state index in [1.165, 1.54) is 11.3 Å². The van der Waals surface area contributed by atoms with E-state index in [4.69, 9.17) is 0 Å². The molecule has 0 saturated carbocycles. The first kappa shape index (κ1) is 11.0. The Morgan fingerprint density at radius 1 is 1.19 bits per heavy atom. The number of Topliss-reactive ketones (excluding diaryl/α,β-unsaturated/α-hetero) is 1. The summed E-state index contributed by atoms with van der Waals surface area (Å²) in [5.74, 6) is -1.74. The van der Waals surface area contributed by atoms with Crippen LogP contribution in [0.3, 0.4) is 0 Å². The van der Waals surface area contributed by atoms with Crippen LogP contribution in [0, 0.1) is 11.6 Å². The van der Waals surface area contributed by atoms with Crippen molar-refractivity contribution < 1.29 is 13.6 Å². The molecule has 0 spiro atoms. The van der Waals surface area contributed by atoms with Crippen LogP contribution in [-0.2, 0) is 6.42 Å². The molecular weight excluding hydrogens is 230 g/mol. The average molecular weight is 238 g/mol. The number of rotatable bonds is 3. The molecule has 0 aliphatic rings. The molecule has 0 N–H and O–H groups in total. The second-order valence-corrected chi connectivity index (χ2v) is 4.17. The van der Waals surface area contributed by atoms with Gasteiger partial charge in [0.25, 0.3) is 0 Å². The number of carbonyl (C=O) groups excluding carboxylic acids is 1. The molecule has 0 aliphatic carbocycles. The fourth-order valence-electron chi connectivity index (χ4n) is 1.40. The number of carbonyl (C=O) groups is 1. The second-order valence-electron chi connectivity index (χ2n) is 3.39. The van der Waals surface area contributed by atoms with Gasteiger partial charge >= 0.3 is 0 Å². The van der Waals surface area contributed by atoms with Gasteiger partial charge in [-0.2, -0.15) is 11.3 Å². The predicted molar refractivity (Wildman–Crippen MR) is 58.7 cm³/mol. The minimum atomic E-state index is -0.728. The Labute approximate surface area is 95.4 Å².